The molecule has 1 aliphatic heterocycles. The summed E-state index contributed by atoms with van der Waals surface area (Å²) >= 11 is 0. The Bertz CT molecular complexity index is 439. The summed E-state index contributed by atoms with van der Waals surface area (Å²) in [6, 6.07) is 9.32. The fourth-order valence-electron chi connectivity index (χ4n) is 3.53. The van der Waals surface area contributed by atoms with Crippen LogP contribution in [0.2, 0.25) is 0 Å². The summed E-state index contributed by atoms with van der Waals surface area (Å²) in [7, 11) is 0. The molecule has 2 nitrogen and oxygen atoms in total. The van der Waals surface area contributed by atoms with Gasteiger partial charge in [-0.15, -0.1) is 0 Å². The van der Waals surface area contributed by atoms with E-state index in [-0.39, 0.29) is 0 Å². The molecule has 0 amide bonds. The first-order valence-electron chi connectivity index (χ1n) is 8.58. The number of likely N-dealkylation sites (tertiary alicyclic amines) is 1. The molecule has 1 saturated heterocycles. The molecular weight excluding hydrogens is 256 g/mol. The van der Waals surface area contributed by atoms with Gasteiger partial charge < -0.3 is 5.32 Å². The van der Waals surface area contributed by atoms with Crippen molar-refractivity contribution in [1.29, 1.82) is 0 Å². The zero-order valence-corrected chi connectivity index (χ0v) is 14.3. The Kier molecular flexibility index (Phi) is 5.83. The van der Waals surface area contributed by atoms with Crippen LogP contribution in [0.1, 0.15) is 63.6 Å². The zero-order valence-electron chi connectivity index (χ0n) is 14.3. The van der Waals surface area contributed by atoms with Gasteiger partial charge in [-0.3, -0.25) is 4.90 Å². The largest absolute Gasteiger partial charge is 0.310 e. The maximum Gasteiger partial charge on any atom is 0.0335 e. The summed E-state index contributed by atoms with van der Waals surface area (Å²) < 4.78 is 0. The molecule has 1 fully saturated rings. The Labute approximate surface area is 130 Å². The van der Waals surface area contributed by atoms with E-state index in [0.29, 0.717) is 11.6 Å². The maximum atomic E-state index is 3.75. The average Bonchev–Trinajstić information content (AvgIpc) is 2.79. The molecule has 1 aromatic rings. The second-order valence-corrected chi connectivity index (χ2v) is 7.06. The van der Waals surface area contributed by atoms with E-state index >= 15 is 0 Å². The third-order valence-corrected chi connectivity index (χ3v) is 4.96. The smallest absolute Gasteiger partial charge is 0.0335 e. The minimum Gasteiger partial charge on any atom is -0.310 e. The van der Waals surface area contributed by atoms with Crippen LogP contribution in [0, 0.1) is 6.92 Å². The summed E-state index contributed by atoms with van der Waals surface area (Å²) in [5.74, 6) is 0. The number of nitrogens with one attached hydrogen (secondary N) is 1. The highest BCUT2D eigenvalue weighted by Gasteiger charge is 2.31. The van der Waals surface area contributed by atoms with Crippen molar-refractivity contribution >= 4 is 0 Å². The topological polar surface area (TPSA) is 15.3 Å². The van der Waals surface area contributed by atoms with Crippen molar-refractivity contribution in [3.8, 4) is 0 Å². The van der Waals surface area contributed by atoms with Gasteiger partial charge in [0.1, 0.15) is 0 Å². The van der Waals surface area contributed by atoms with Gasteiger partial charge in [-0.2, -0.15) is 0 Å². The highest BCUT2D eigenvalue weighted by molar-refractivity contribution is 5.28. The molecule has 0 aliphatic carbocycles. The van der Waals surface area contributed by atoms with Gasteiger partial charge in [-0.1, -0.05) is 31.2 Å². The first-order chi connectivity index (χ1) is 10.0. The Morgan fingerprint density at radius 1 is 1.29 bits per heavy atom. The molecule has 0 radical (unpaired) electrons. The third-order valence-electron chi connectivity index (χ3n) is 4.96. The van der Waals surface area contributed by atoms with Crippen molar-refractivity contribution in [2.24, 2.45) is 0 Å². The summed E-state index contributed by atoms with van der Waals surface area (Å²) in [6.45, 7) is 12.8. The van der Waals surface area contributed by atoms with Gasteiger partial charge in [0.05, 0.1) is 0 Å². The van der Waals surface area contributed by atoms with Gasteiger partial charge in [-0.25, -0.2) is 0 Å². The van der Waals surface area contributed by atoms with E-state index in [2.05, 4.69) is 62.2 Å². The first-order valence-corrected chi connectivity index (χ1v) is 8.58. The molecule has 1 atom stereocenters. The van der Waals surface area contributed by atoms with E-state index in [1.807, 2.05) is 0 Å². The number of rotatable bonds is 7. The zero-order chi connectivity index (χ0) is 15.3. The molecule has 21 heavy (non-hydrogen) atoms. The molecule has 1 aliphatic rings. The minimum absolute atomic E-state index is 0.390. The van der Waals surface area contributed by atoms with Crippen LogP contribution in [0.5, 0.6) is 0 Å². The monoisotopic (exact) mass is 288 g/mol. The molecule has 0 spiro atoms. The molecule has 2 rings (SSSR count). The number of benzene rings is 1. The Hall–Kier alpha value is -0.860. The highest BCUT2D eigenvalue weighted by atomic mass is 15.2. The van der Waals surface area contributed by atoms with Gasteiger partial charge in [0, 0.05) is 18.1 Å². The van der Waals surface area contributed by atoms with Crippen molar-refractivity contribution in [1.82, 2.24) is 10.2 Å². The predicted octanol–water partition coefficient (Wildman–Crippen LogP) is 4.30. The molecule has 1 unspecified atom stereocenters. The lowest BCUT2D eigenvalue weighted by Gasteiger charge is -2.33. The molecule has 118 valence electrons. The summed E-state index contributed by atoms with van der Waals surface area (Å²) in [5.41, 5.74) is 3.27. The quantitative estimate of drug-likeness (QED) is 0.804. The number of hydrogen-bond acceptors (Lipinski definition) is 2. The fraction of sp³-hybridized carbons (Fsp3) is 0.684. The van der Waals surface area contributed by atoms with Gasteiger partial charge in [0.2, 0.25) is 0 Å². The van der Waals surface area contributed by atoms with Crippen molar-refractivity contribution < 1.29 is 0 Å². The Morgan fingerprint density at radius 3 is 2.67 bits per heavy atom. The van der Waals surface area contributed by atoms with Crippen LogP contribution in [0.25, 0.3) is 0 Å². The lowest BCUT2D eigenvalue weighted by molar-refractivity contribution is 0.166. The van der Waals surface area contributed by atoms with Gasteiger partial charge in [0.25, 0.3) is 0 Å². The molecular formula is C19H32N2. The number of aryl methyl sites for hydroxylation is 1. The Morgan fingerprint density at radius 2 is 2.05 bits per heavy atom. The van der Waals surface area contributed by atoms with E-state index in [9.17, 15) is 0 Å². The van der Waals surface area contributed by atoms with Crippen LogP contribution in [0.15, 0.2) is 24.3 Å². The van der Waals surface area contributed by atoms with Crippen molar-refractivity contribution in [3.63, 3.8) is 0 Å². The third kappa shape index (κ3) is 4.31. The van der Waals surface area contributed by atoms with Crippen LogP contribution in [-0.4, -0.2) is 30.1 Å². The fourth-order valence-corrected chi connectivity index (χ4v) is 3.53. The standard InChI is InChI=1S/C19H32N2/c1-5-13-20-18(17-10-7-6-9-16(17)2)11-15-21-14-8-12-19(21,3)4/h6-7,9-10,18,20H,5,8,11-15H2,1-4H3. The molecule has 1 N–H and O–H groups in total. The molecule has 0 saturated carbocycles. The lowest BCUT2D eigenvalue weighted by Crippen LogP contribution is -2.40. The molecule has 1 aromatic carbocycles. The SMILES string of the molecule is CCCNC(CCN1CCCC1(C)C)c1ccccc1C. The van der Waals surface area contributed by atoms with Gasteiger partial charge in [-0.05, 0) is 70.7 Å². The Balaban J connectivity index is 2.02. The summed E-state index contributed by atoms with van der Waals surface area (Å²) in [4.78, 5) is 2.67. The number of hydrogen-bond donors (Lipinski definition) is 1. The van der Waals surface area contributed by atoms with Crippen LogP contribution >= 0.6 is 0 Å². The minimum atomic E-state index is 0.390. The van der Waals surface area contributed by atoms with Crippen LogP contribution < -0.4 is 5.32 Å². The molecule has 1 heterocycles. The number of nitrogens with zero attached hydrogens (tertiary/aromatic N) is 1. The summed E-state index contributed by atoms with van der Waals surface area (Å²) in [5, 5.41) is 3.75. The van der Waals surface area contributed by atoms with Crippen LogP contribution in [-0.2, 0) is 0 Å². The molecule has 0 aromatic heterocycles. The normalized spacial score (nSPS) is 19.8. The van der Waals surface area contributed by atoms with E-state index in [4.69, 9.17) is 0 Å². The van der Waals surface area contributed by atoms with E-state index < -0.39 is 0 Å². The maximum absolute atomic E-state index is 3.75. The van der Waals surface area contributed by atoms with E-state index in [0.717, 1.165) is 6.54 Å². The molecule has 0 bridgehead atoms. The van der Waals surface area contributed by atoms with E-state index in [1.54, 1.807) is 0 Å². The van der Waals surface area contributed by atoms with Gasteiger partial charge in [0.15, 0.2) is 0 Å². The predicted molar refractivity (Wildman–Crippen MR) is 91.7 cm³/mol. The van der Waals surface area contributed by atoms with E-state index in [1.165, 1.54) is 49.9 Å². The van der Waals surface area contributed by atoms with Crippen LogP contribution in [0.3, 0.4) is 0 Å². The van der Waals surface area contributed by atoms with Gasteiger partial charge >= 0.3 is 0 Å². The lowest BCUT2D eigenvalue weighted by atomic mass is 9.97. The summed E-state index contributed by atoms with van der Waals surface area (Å²) in [6.07, 6.45) is 5.08. The first kappa shape index (κ1) is 16.5. The van der Waals surface area contributed by atoms with Crippen molar-refractivity contribution in [2.45, 2.75) is 65.0 Å². The second-order valence-electron chi connectivity index (χ2n) is 7.06. The average molecular weight is 288 g/mol. The van der Waals surface area contributed by atoms with Crippen molar-refractivity contribution in [2.75, 3.05) is 19.6 Å². The van der Waals surface area contributed by atoms with Crippen LogP contribution in [0.4, 0.5) is 0 Å². The highest BCUT2D eigenvalue weighted by Crippen LogP contribution is 2.30. The second kappa shape index (κ2) is 7.42. The molecule has 2 heteroatoms. The van der Waals surface area contributed by atoms with Crippen molar-refractivity contribution in [3.05, 3.63) is 35.4 Å².